The van der Waals surface area contributed by atoms with Crippen LogP contribution >= 0.6 is 0 Å². The molecular weight excluding hydrogens is 314 g/mol. The van der Waals surface area contributed by atoms with E-state index in [1.54, 1.807) is 12.3 Å². The highest BCUT2D eigenvalue weighted by Crippen LogP contribution is 2.42. The number of carbonyl (C=O) groups excluding carboxylic acids is 2. The van der Waals surface area contributed by atoms with Crippen molar-refractivity contribution in [2.75, 3.05) is 19.6 Å². The van der Waals surface area contributed by atoms with Gasteiger partial charge in [0.1, 0.15) is 0 Å². The molecule has 0 aromatic carbocycles. The maximum atomic E-state index is 13.1. The maximum absolute atomic E-state index is 13.1. The smallest absolute Gasteiger partial charge is 0.229 e. The fourth-order valence-corrected chi connectivity index (χ4v) is 4.05. The summed E-state index contributed by atoms with van der Waals surface area (Å²) in [6, 6.07) is 3.92. The van der Waals surface area contributed by atoms with E-state index in [4.69, 9.17) is 0 Å². The van der Waals surface area contributed by atoms with Crippen molar-refractivity contribution >= 4 is 11.8 Å². The van der Waals surface area contributed by atoms with Crippen LogP contribution in [0.1, 0.15) is 44.1 Å². The molecule has 0 bridgehead atoms. The topological polar surface area (TPSA) is 53.5 Å². The minimum absolute atomic E-state index is 0.189. The lowest BCUT2D eigenvalue weighted by molar-refractivity contribution is -0.138. The number of amides is 2. The van der Waals surface area contributed by atoms with Crippen LogP contribution in [0, 0.1) is 5.41 Å². The normalized spacial score (nSPS) is 23.8. The van der Waals surface area contributed by atoms with Crippen molar-refractivity contribution in [2.45, 2.75) is 45.1 Å². The minimum atomic E-state index is -0.268. The third kappa shape index (κ3) is 3.91. The van der Waals surface area contributed by atoms with E-state index in [0.29, 0.717) is 19.5 Å². The molecule has 5 heteroatoms. The van der Waals surface area contributed by atoms with Crippen molar-refractivity contribution in [1.82, 2.24) is 14.8 Å². The molecule has 134 valence electrons. The molecule has 1 atom stereocenters. The van der Waals surface area contributed by atoms with Crippen LogP contribution < -0.4 is 0 Å². The van der Waals surface area contributed by atoms with Gasteiger partial charge in [-0.25, -0.2) is 0 Å². The summed E-state index contributed by atoms with van der Waals surface area (Å²) in [6.45, 7) is 6.59. The van der Waals surface area contributed by atoms with Gasteiger partial charge < -0.3 is 9.80 Å². The quantitative estimate of drug-likeness (QED) is 0.774. The summed E-state index contributed by atoms with van der Waals surface area (Å²) in [5.74, 6) is 0.450. The molecule has 3 rings (SSSR count). The Labute approximate surface area is 149 Å². The molecule has 0 radical (unpaired) electrons. The van der Waals surface area contributed by atoms with E-state index < -0.39 is 0 Å². The molecule has 2 amide bonds. The summed E-state index contributed by atoms with van der Waals surface area (Å²) in [7, 11) is 0. The number of hydrogen-bond acceptors (Lipinski definition) is 3. The molecule has 2 aliphatic heterocycles. The van der Waals surface area contributed by atoms with Crippen molar-refractivity contribution in [1.29, 1.82) is 0 Å². The van der Waals surface area contributed by atoms with Crippen molar-refractivity contribution in [3.8, 4) is 0 Å². The molecular formula is C20H27N3O2. The van der Waals surface area contributed by atoms with Crippen LogP contribution in [0.25, 0.3) is 0 Å². The number of pyridine rings is 1. The molecule has 0 N–H and O–H groups in total. The van der Waals surface area contributed by atoms with Crippen LogP contribution in [0.3, 0.4) is 0 Å². The van der Waals surface area contributed by atoms with Gasteiger partial charge in [0, 0.05) is 45.0 Å². The molecule has 1 aromatic heterocycles. The Bertz CT molecular complexity index is 631. The van der Waals surface area contributed by atoms with E-state index in [-0.39, 0.29) is 17.2 Å². The molecule has 25 heavy (non-hydrogen) atoms. The highest BCUT2D eigenvalue weighted by molar-refractivity contribution is 5.85. The molecule has 1 spiro atoms. The number of carbonyl (C=O) groups is 2. The van der Waals surface area contributed by atoms with Crippen molar-refractivity contribution in [2.24, 2.45) is 5.41 Å². The monoisotopic (exact) mass is 341 g/mol. The summed E-state index contributed by atoms with van der Waals surface area (Å²) < 4.78 is 0. The average Bonchev–Trinajstić information content (AvgIpc) is 2.82. The molecule has 1 aromatic rings. The van der Waals surface area contributed by atoms with Crippen molar-refractivity contribution in [3.63, 3.8) is 0 Å². The van der Waals surface area contributed by atoms with Crippen molar-refractivity contribution in [3.05, 3.63) is 42.7 Å². The van der Waals surface area contributed by atoms with Gasteiger partial charge in [-0.1, -0.05) is 12.1 Å². The number of rotatable bonds is 5. The van der Waals surface area contributed by atoms with Crippen LogP contribution in [-0.4, -0.2) is 46.2 Å². The van der Waals surface area contributed by atoms with Gasteiger partial charge in [-0.2, -0.15) is 0 Å². The lowest BCUT2D eigenvalue weighted by Gasteiger charge is -2.27. The molecule has 2 saturated heterocycles. The van der Waals surface area contributed by atoms with E-state index in [2.05, 4.69) is 11.6 Å². The van der Waals surface area contributed by atoms with Gasteiger partial charge in [-0.05, 0) is 43.7 Å². The van der Waals surface area contributed by atoms with E-state index in [1.165, 1.54) is 0 Å². The minimum Gasteiger partial charge on any atom is -0.343 e. The molecule has 2 aliphatic rings. The summed E-state index contributed by atoms with van der Waals surface area (Å²) in [4.78, 5) is 33.4. The van der Waals surface area contributed by atoms with Gasteiger partial charge in [-0.3, -0.25) is 14.6 Å². The van der Waals surface area contributed by atoms with Gasteiger partial charge >= 0.3 is 0 Å². The maximum Gasteiger partial charge on any atom is 0.229 e. The lowest BCUT2D eigenvalue weighted by Crippen LogP contribution is -2.36. The Hall–Kier alpha value is -2.17. The Kier molecular flexibility index (Phi) is 5.51. The molecule has 2 fully saturated rings. The zero-order valence-corrected chi connectivity index (χ0v) is 14.8. The highest BCUT2D eigenvalue weighted by atomic mass is 16.2. The largest absolute Gasteiger partial charge is 0.343 e. The number of likely N-dealkylation sites (tertiary alicyclic amines) is 2. The van der Waals surface area contributed by atoms with Crippen LogP contribution in [-0.2, 0) is 16.1 Å². The fourth-order valence-electron chi connectivity index (χ4n) is 4.05. The number of aromatic nitrogens is 1. The zero-order valence-electron chi connectivity index (χ0n) is 14.8. The van der Waals surface area contributed by atoms with Gasteiger partial charge in [0.25, 0.3) is 0 Å². The fraction of sp³-hybridized carbons (Fsp3) is 0.550. The van der Waals surface area contributed by atoms with E-state index in [1.807, 2.05) is 28.1 Å². The standard InChI is InChI=1S/C20H27N3O2/c1-2-3-7-18(24)22-12-5-8-20(9-13-22)10-14-23(19(20)25)16-17-6-4-11-21-15-17/h2,4,6,11,15H,1,3,5,7-10,12-14,16H2. The Morgan fingerprint density at radius 3 is 2.88 bits per heavy atom. The Morgan fingerprint density at radius 1 is 1.28 bits per heavy atom. The second-order valence-electron chi connectivity index (χ2n) is 7.18. The van der Waals surface area contributed by atoms with Crippen LogP contribution in [0.4, 0.5) is 0 Å². The predicted molar refractivity (Wildman–Crippen MR) is 96.6 cm³/mol. The third-order valence-electron chi connectivity index (χ3n) is 5.56. The highest BCUT2D eigenvalue weighted by Gasteiger charge is 2.47. The van der Waals surface area contributed by atoms with Crippen LogP contribution in [0.5, 0.6) is 0 Å². The van der Waals surface area contributed by atoms with Crippen LogP contribution in [0.15, 0.2) is 37.2 Å². The van der Waals surface area contributed by atoms with Gasteiger partial charge in [-0.15, -0.1) is 6.58 Å². The second-order valence-corrected chi connectivity index (χ2v) is 7.18. The summed E-state index contributed by atoms with van der Waals surface area (Å²) >= 11 is 0. The first kappa shape index (κ1) is 17.6. The van der Waals surface area contributed by atoms with Gasteiger partial charge in [0.15, 0.2) is 0 Å². The average molecular weight is 341 g/mol. The summed E-state index contributed by atoms with van der Waals surface area (Å²) in [5.41, 5.74) is 0.804. The Morgan fingerprint density at radius 2 is 2.12 bits per heavy atom. The molecule has 5 nitrogen and oxygen atoms in total. The summed E-state index contributed by atoms with van der Waals surface area (Å²) in [6.07, 6.45) is 10.1. The van der Waals surface area contributed by atoms with Gasteiger partial charge in [0.05, 0.1) is 5.41 Å². The van der Waals surface area contributed by atoms with E-state index in [0.717, 1.165) is 50.8 Å². The second kappa shape index (κ2) is 7.81. The third-order valence-corrected chi connectivity index (χ3v) is 5.56. The zero-order chi connectivity index (χ0) is 17.7. The molecule has 0 aliphatic carbocycles. The first-order chi connectivity index (χ1) is 12.1. The lowest BCUT2D eigenvalue weighted by atomic mass is 9.79. The van der Waals surface area contributed by atoms with Gasteiger partial charge in [0.2, 0.25) is 11.8 Å². The molecule has 0 saturated carbocycles. The summed E-state index contributed by atoms with van der Waals surface area (Å²) in [5, 5.41) is 0. The van der Waals surface area contributed by atoms with Crippen LogP contribution in [0.2, 0.25) is 0 Å². The van der Waals surface area contributed by atoms with Crippen molar-refractivity contribution < 1.29 is 9.59 Å². The molecule has 3 heterocycles. The number of hydrogen-bond donors (Lipinski definition) is 0. The number of nitrogens with zero attached hydrogens (tertiary/aromatic N) is 3. The first-order valence-corrected chi connectivity index (χ1v) is 9.22. The predicted octanol–water partition coefficient (Wildman–Crippen LogP) is 2.78. The Balaban J connectivity index is 1.62. The van der Waals surface area contributed by atoms with E-state index in [9.17, 15) is 9.59 Å². The SMILES string of the molecule is C=CCCC(=O)N1CCCC2(CC1)CCN(Cc1cccnc1)C2=O. The molecule has 1 unspecified atom stereocenters. The van der Waals surface area contributed by atoms with E-state index >= 15 is 0 Å². The number of allylic oxidation sites excluding steroid dienone is 1. The first-order valence-electron chi connectivity index (χ1n) is 9.22.